The second kappa shape index (κ2) is 4.81. The summed E-state index contributed by atoms with van der Waals surface area (Å²) < 4.78 is 5.32. The molecule has 0 spiro atoms. The third-order valence-electron chi connectivity index (χ3n) is 3.06. The molecule has 3 rings (SSSR count). The first kappa shape index (κ1) is 12.4. The monoisotopic (exact) mass is 265 g/mol. The van der Waals surface area contributed by atoms with Crippen LogP contribution < -0.4 is 5.73 Å². The maximum absolute atomic E-state index is 5.67. The Kier molecular flexibility index (Phi) is 2.99. The van der Waals surface area contributed by atoms with Gasteiger partial charge in [-0.3, -0.25) is 0 Å². The summed E-state index contributed by atoms with van der Waals surface area (Å²) in [5, 5.41) is 4.05. The van der Waals surface area contributed by atoms with E-state index in [0.717, 1.165) is 11.1 Å². The molecule has 0 atom stereocenters. The van der Waals surface area contributed by atoms with Crippen molar-refractivity contribution in [1.82, 2.24) is 10.1 Å². The molecule has 0 amide bonds. The van der Waals surface area contributed by atoms with Crippen molar-refractivity contribution in [2.24, 2.45) is 0 Å². The quantitative estimate of drug-likeness (QED) is 0.719. The number of nitrogens with zero attached hydrogens (tertiary/aromatic N) is 2. The number of rotatable bonds is 2. The fourth-order valence-electron chi connectivity index (χ4n) is 2.19. The number of aryl methyl sites for hydroxylation is 2. The Bertz CT molecular complexity index is 724. The lowest BCUT2D eigenvalue weighted by molar-refractivity contribution is 0.432. The zero-order valence-corrected chi connectivity index (χ0v) is 11.4. The molecule has 3 aromatic rings. The lowest BCUT2D eigenvalue weighted by Gasteiger charge is -1.99. The molecule has 0 unspecified atom stereocenters. The number of hydrogen-bond acceptors (Lipinski definition) is 4. The highest BCUT2D eigenvalue weighted by Gasteiger charge is 2.11. The van der Waals surface area contributed by atoms with Crippen LogP contribution in [0.1, 0.15) is 11.1 Å². The molecule has 0 fully saturated rings. The van der Waals surface area contributed by atoms with Gasteiger partial charge in [0.25, 0.3) is 5.89 Å². The highest BCUT2D eigenvalue weighted by atomic mass is 16.5. The smallest absolute Gasteiger partial charge is 0.258 e. The van der Waals surface area contributed by atoms with Crippen molar-refractivity contribution in [3.05, 3.63) is 53.6 Å². The number of nitrogen functional groups attached to an aromatic ring is 1. The van der Waals surface area contributed by atoms with Gasteiger partial charge in [0.15, 0.2) is 0 Å². The van der Waals surface area contributed by atoms with Gasteiger partial charge in [0.05, 0.1) is 0 Å². The number of benzene rings is 2. The van der Waals surface area contributed by atoms with Crippen molar-refractivity contribution in [3.8, 4) is 22.8 Å². The Balaban J connectivity index is 1.99. The minimum atomic E-state index is 0.499. The van der Waals surface area contributed by atoms with Crippen molar-refractivity contribution in [2.75, 3.05) is 5.73 Å². The van der Waals surface area contributed by atoms with Crippen LogP contribution in [0.3, 0.4) is 0 Å². The maximum atomic E-state index is 5.67. The molecule has 0 saturated heterocycles. The van der Waals surface area contributed by atoms with Gasteiger partial charge < -0.3 is 10.3 Å². The molecular weight excluding hydrogens is 250 g/mol. The van der Waals surface area contributed by atoms with Gasteiger partial charge in [-0.1, -0.05) is 22.3 Å². The van der Waals surface area contributed by atoms with E-state index in [1.807, 2.05) is 36.4 Å². The molecule has 0 aliphatic carbocycles. The summed E-state index contributed by atoms with van der Waals surface area (Å²) in [6, 6.07) is 13.6. The van der Waals surface area contributed by atoms with Crippen LogP contribution in [-0.2, 0) is 0 Å². The minimum absolute atomic E-state index is 0.499. The van der Waals surface area contributed by atoms with E-state index in [4.69, 9.17) is 10.3 Å². The van der Waals surface area contributed by atoms with Gasteiger partial charge in [-0.2, -0.15) is 4.98 Å². The number of nitrogens with two attached hydrogens (primary N) is 1. The predicted octanol–water partition coefficient (Wildman–Crippen LogP) is 3.60. The van der Waals surface area contributed by atoms with Crippen molar-refractivity contribution in [2.45, 2.75) is 13.8 Å². The van der Waals surface area contributed by atoms with Crippen LogP contribution in [0.5, 0.6) is 0 Å². The average molecular weight is 265 g/mol. The zero-order valence-electron chi connectivity index (χ0n) is 11.4. The summed E-state index contributed by atoms with van der Waals surface area (Å²) in [5.41, 5.74) is 10.6. The first-order valence-corrected chi connectivity index (χ1v) is 6.40. The van der Waals surface area contributed by atoms with E-state index in [1.165, 1.54) is 11.1 Å². The Morgan fingerprint density at radius 3 is 2.20 bits per heavy atom. The van der Waals surface area contributed by atoms with Crippen LogP contribution >= 0.6 is 0 Å². The van der Waals surface area contributed by atoms with Crippen LogP contribution in [0, 0.1) is 13.8 Å². The fourth-order valence-corrected chi connectivity index (χ4v) is 2.19. The van der Waals surface area contributed by atoms with Gasteiger partial charge in [0, 0.05) is 16.8 Å². The SMILES string of the molecule is Cc1cc(C)cc(-c2noc(-c3ccc(N)cc3)n2)c1. The number of aromatic nitrogens is 2. The van der Waals surface area contributed by atoms with E-state index in [9.17, 15) is 0 Å². The molecule has 1 aromatic heterocycles. The summed E-state index contributed by atoms with van der Waals surface area (Å²) in [4.78, 5) is 4.44. The topological polar surface area (TPSA) is 64.9 Å². The average Bonchev–Trinajstić information content (AvgIpc) is 2.88. The lowest BCUT2D eigenvalue weighted by Crippen LogP contribution is -1.86. The molecule has 4 nitrogen and oxygen atoms in total. The Morgan fingerprint density at radius 1 is 0.900 bits per heavy atom. The summed E-state index contributed by atoms with van der Waals surface area (Å²) in [5.74, 6) is 1.10. The van der Waals surface area contributed by atoms with E-state index in [-0.39, 0.29) is 0 Å². The highest BCUT2D eigenvalue weighted by Crippen LogP contribution is 2.24. The molecule has 20 heavy (non-hydrogen) atoms. The molecule has 1 heterocycles. The van der Waals surface area contributed by atoms with Gasteiger partial charge in [0.2, 0.25) is 5.82 Å². The molecule has 0 aliphatic heterocycles. The summed E-state index contributed by atoms with van der Waals surface area (Å²) in [6.45, 7) is 4.11. The lowest BCUT2D eigenvalue weighted by atomic mass is 10.1. The summed E-state index contributed by atoms with van der Waals surface area (Å²) >= 11 is 0. The zero-order chi connectivity index (χ0) is 14.1. The first-order valence-electron chi connectivity index (χ1n) is 6.40. The van der Waals surface area contributed by atoms with Crippen LogP contribution in [0.4, 0.5) is 5.69 Å². The number of anilines is 1. The second-order valence-electron chi connectivity index (χ2n) is 4.92. The molecular formula is C16H15N3O. The minimum Gasteiger partial charge on any atom is -0.399 e. The van der Waals surface area contributed by atoms with Crippen molar-refractivity contribution in [1.29, 1.82) is 0 Å². The van der Waals surface area contributed by atoms with Gasteiger partial charge in [-0.25, -0.2) is 0 Å². The maximum Gasteiger partial charge on any atom is 0.258 e. The number of hydrogen-bond donors (Lipinski definition) is 1. The Labute approximate surface area is 117 Å². The van der Waals surface area contributed by atoms with Crippen molar-refractivity contribution >= 4 is 5.69 Å². The molecule has 0 radical (unpaired) electrons. The molecule has 0 aliphatic rings. The van der Waals surface area contributed by atoms with Crippen molar-refractivity contribution < 1.29 is 4.52 Å². The Hall–Kier alpha value is -2.62. The summed E-state index contributed by atoms with van der Waals surface area (Å²) in [6.07, 6.45) is 0. The van der Waals surface area contributed by atoms with E-state index in [0.29, 0.717) is 17.4 Å². The normalized spacial score (nSPS) is 10.7. The highest BCUT2D eigenvalue weighted by molar-refractivity contribution is 5.62. The van der Waals surface area contributed by atoms with Gasteiger partial charge in [-0.05, 0) is 50.2 Å². The van der Waals surface area contributed by atoms with Crippen molar-refractivity contribution in [3.63, 3.8) is 0 Å². The van der Waals surface area contributed by atoms with Crippen LogP contribution in [0.25, 0.3) is 22.8 Å². The second-order valence-corrected chi connectivity index (χ2v) is 4.92. The van der Waals surface area contributed by atoms with Gasteiger partial charge in [0.1, 0.15) is 0 Å². The summed E-state index contributed by atoms with van der Waals surface area (Å²) in [7, 11) is 0. The standard InChI is InChI=1S/C16H15N3O/c1-10-7-11(2)9-13(8-10)15-18-16(20-19-15)12-3-5-14(17)6-4-12/h3-9H,17H2,1-2H3. The third kappa shape index (κ3) is 2.40. The third-order valence-corrected chi connectivity index (χ3v) is 3.06. The largest absolute Gasteiger partial charge is 0.399 e. The van der Waals surface area contributed by atoms with Crippen LogP contribution in [-0.4, -0.2) is 10.1 Å². The molecule has 0 saturated carbocycles. The molecule has 2 aromatic carbocycles. The van der Waals surface area contributed by atoms with E-state index < -0.39 is 0 Å². The van der Waals surface area contributed by atoms with E-state index in [1.54, 1.807) is 0 Å². The molecule has 0 bridgehead atoms. The van der Waals surface area contributed by atoms with Crippen LogP contribution in [0.15, 0.2) is 47.0 Å². The Morgan fingerprint density at radius 2 is 1.55 bits per heavy atom. The van der Waals surface area contributed by atoms with Crippen LogP contribution in [0.2, 0.25) is 0 Å². The predicted molar refractivity (Wildman–Crippen MR) is 79.1 cm³/mol. The van der Waals surface area contributed by atoms with Gasteiger partial charge >= 0.3 is 0 Å². The fraction of sp³-hybridized carbons (Fsp3) is 0.125. The molecule has 2 N–H and O–H groups in total. The first-order chi connectivity index (χ1) is 9.61. The van der Waals surface area contributed by atoms with E-state index in [2.05, 4.69) is 30.1 Å². The molecule has 4 heteroatoms. The molecule has 100 valence electrons. The van der Waals surface area contributed by atoms with Gasteiger partial charge in [-0.15, -0.1) is 0 Å². The van der Waals surface area contributed by atoms with E-state index >= 15 is 0 Å².